The highest BCUT2D eigenvalue weighted by Crippen LogP contribution is 2.37. The standard InChI is InChI=1S/C24H24BN5/c1-2-5-15-8-10-16(11-9-15)22-21(25)23(26)30-24(29-22)19(14-28-30)18-12-17-6-3-4-7-20(17)27-13-18/h1,3-4,6-7,12-16H,5,8-11,25-26H2. The Balaban J connectivity index is 1.57. The Morgan fingerprint density at radius 2 is 1.97 bits per heavy atom. The highest BCUT2D eigenvalue weighted by atomic mass is 15.3. The number of nitrogen functional groups attached to an aromatic ring is 1. The first-order valence-electron chi connectivity index (χ1n) is 10.6. The molecular formula is C24H24BN5. The number of benzene rings is 1. The van der Waals surface area contributed by atoms with Crippen molar-refractivity contribution in [2.75, 3.05) is 5.73 Å². The van der Waals surface area contributed by atoms with Crippen molar-refractivity contribution in [3.63, 3.8) is 0 Å². The number of nitrogens with two attached hydrogens (primary N) is 1. The van der Waals surface area contributed by atoms with Crippen LogP contribution in [0.4, 0.5) is 5.82 Å². The van der Waals surface area contributed by atoms with Crippen LogP contribution < -0.4 is 11.2 Å². The lowest BCUT2D eigenvalue weighted by molar-refractivity contribution is 0.329. The number of anilines is 1. The maximum Gasteiger partial charge on any atom is 0.165 e. The van der Waals surface area contributed by atoms with Gasteiger partial charge in [-0.3, -0.25) is 4.98 Å². The third-order valence-corrected chi connectivity index (χ3v) is 6.51. The van der Waals surface area contributed by atoms with Gasteiger partial charge >= 0.3 is 0 Å². The molecule has 6 heteroatoms. The summed E-state index contributed by atoms with van der Waals surface area (Å²) in [5, 5.41) is 5.64. The first-order valence-corrected chi connectivity index (χ1v) is 10.6. The molecule has 5 rings (SSSR count). The Kier molecular flexibility index (Phi) is 4.67. The number of aromatic nitrogens is 4. The smallest absolute Gasteiger partial charge is 0.165 e. The average molecular weight is 393 g/mol. The van der Waals surface area contributed by atoms with E-state index in [0.717, 1.165) is 70.9 Å². The van der Waals surface area contributed by atoms with Gasteiger partial charge in [0.15, 0.2) is 5.65 Å². The zero-order valence-corrected chi connectivity index (χ0v) is 17.2. The summed E-state index contributed by atoms with van der Waals surface area (Å²) in [6.07, 6.45) is 14.6. The number of nitrogens with zero attached hydrogens (tertiary/aromatic N) is 4. The molecule has 1 fully saturated rings. The molecule has 0 saturated heterocycles. The Bertz CT molecular complexity index is 1280. The summed E-state index contributed by atoms with van der Waals surface area (Å²) in [4.78, 5) is 9.71. The molecular weight excluding hydrogens is 369 g/mol. The normalized spacial score (nSPS) is 19.2. The van der Waals surface area contributed by atoms with Gasteiger partial charge in [-0.25, -0.2) is 4.98 Å². The van der Waals surface area contributed by atoms with E-state index in [4.69, 9.17) is 17.1 Å². The summed E-state index contributed by atoms with van der Waals surface area (Å²) in [6, 6.07) is 10.3. The Morgan fingerprint density at radius 1 is 1.17 bits per heavy atom. The van der Waals surface area contributed by atoms with Crippen molar-refractivity contribution in [1.29, 1.82) is 0 Å². The van der Waals surface area contributed by atoms with Crippen LogP contribution >= 0.6 is 0 Å². The van der Waals surface area contributed by atoms with E-state index in [0.29, 0.717) is 17.7 Å². The summed E-state index contributed by atoms with van der Waals surface area (Å²) in [5.74, 6) is 4.55. The first kappa shape index (κ1) is 18.7. The zero-order valence-electron chi connectivity index (χ0n) is 17.2. The van der Waals surface area contributed by atoms with Gasteiger partial charge < -0.3 is 5.73 Å². The SMILES string of the molecule is Bc1c(C2CCC(CC#C)CC2)nc2c(-c3cnc4ccccc4c3)cnn2c1N. The molecule has 5 nitrogen and oxygen atoms in total. The number of terminal acetylenes is 1. The van der Waals surface area contributed by atoms with Crippen LogP contribution in [-0.2, 0) is 0 Å². The molecule has 148 valence electrons. The topological polar surface area (TPSA) is 69.1 Å². The minimum atomic E-state index is 0.420. The number of pyridine rings is 1. The van der Waals surface area contributed by atoms with Crippen LogP contribution in [0.1, 0.15) is 43.7 Å². The molecule has 3 aromatic heterocycles. The van der Waals surface area contributed by atoms with Crippen molar-refractivity contribution in [1.82, 2.24) is 19.6 Å². The molecule has 0 atom stereocenters. The lowest BCUT2D eigenvalue weighted by atomic mass is 9.76. The molecule has 0 amide bonds. The quantitative estimate of drug-likeness (QED) is 0.429. The van der Waals surface area contributed by atoms with Crippen molar-refractivity contribution < 1.29 is 0 Å². The predicted molar refractivity (Wildman–Crippen MR) is 124 cm³/mol. The molecule has 0 spiro atoms. The molecule has 0 aliphatic heterocycles. The molecule has 1 aliphatic carbocycles. The summed E-state index contributed by atoms with van der Waals surface area (Å²) in [6.45, 7) is 0. The number of fused-ring (bicyclic) bond motifs is 2. The van der Waals surface area contributed by atoms with E-state index in [1.54, 1.807) is 4.52 Å². The van der Waals surface area contributed by atoms with Gasteiger partial charge in [-0.1, -0.05) is 18.2 Å². The van der Waals surface area contributed by atoms with Crippen LogP contribution in [0.3, 0.4) is 0 Å². The average Bonchev–Trinajstić information content (AvgIpc) is 3.21. The largest absolute Gasteiger partial charge is 0.384 e. The van der Waals surface area contributed by atoms with E-state index in [1.165, 1.54) is 0 Å². The Morgan fingerprint density at radius 3 is 2.77 bits per heavy atom. The lowest BCUT2D eigenvalue weighted by Gasteiger charge is -2.28. The summed E-state index contributed by atoms with van der Waals surface area (Å²) >= 11 is 0. The van der Waals surface area contributed by atoms with Gasteiger partial charge in [0, 0.05) is 40.7 Å². The third kappa shape index (κ3) is 3.11. The molecule has 30 heavy (non-hydrogen) atoms. The van der Waals surface area contributed by atoms with Crippen LogP contribution in [0.25, 0.3) is 27.7 Å². The van der Waals surface area contributed by atoms with E-state index in [2.05, 4.69) is 36.0 Å². The fraction of sp³-hybridized carbons (Fsp3) is 0.292. The number of hydrogen-bond acceptors (Lipinski definition) is 4. The van der Waals surface area contributed by atoms with Gasteiger partial charge in [0.1, 0.15) is 13.7 Å². The molecule has 1 aliphatic rings. The van der Waals surface area contributed by atoms with Crippen molar-refractivity contribution in [2.45, 2.75) is 38.0 Å². The minimum Gasteiger partial charge on any atom is -0.384 e. The van der Waals surface area contributed by atoms with E-state index >= 15 is 0 Å². The van der Waals surface area contributed by atoms with Crippen molar-refractivity contribution in [3.8, 4) is 23.5 Å². The fourth-order valence-electron chi connectivity index (χ4n) is 4.74. The predicted octanol–water partition coefficient (Wildman–Crippen LogP) is 3.08. The number of hydrogen-bond donors (Lipinski definition) is 1. The van der Waals surface area contributed by atoms with Gasteiger partial charge in [0.05, 0.1) is 11.7 Å². The Hall–Kier alpha value is -3.33. The third-order valence-electron chi connectivity index (χ3n) is 6.51. The van der Waals surface area contributed by atoms with E-state index in [9.17, 15) is 0 Å². The molecule has 0 unspecified atom stereocenters. The molecule has 1 aromatic carbocycles. The summed E-state index contributed by atoms with van der Waals surface area (Å²) in [5.41, 5.74) is 12.4. The van der Waals surface area contributed by atoms with Gasteiger partial charge in [-0.15, -0.1) is 12.3 Å². The second-order valence-corrected chi connectivity index (χ2v) is 8.34. The molecule has 2 N–H and O–H groups in total. The molecule has 0 radical (unpaired) electrons. The summed E-state index contributed by atoms with van der Waals surface area (Å²) < 4.78 is 1.76. The summed E-state index contributed by atoms with van der Waals surface area (Å²) in [7, 11) is 2.06. The maximum absolute atomic E-state index is 6.50. The monoisotopic (exact) mass is 393 g/mol. The van der Waals surface area contributed by atoms with E-state index < -0.39 is 0 Å². The maximum atomic E-state index is 6.50. The molecule has 4 aromatic rings. The van der Waals surface area contributed by atoms with Crippen LogP contribution in [0.15, 0.2) is 42.7 Å². The lowest BCUT2D eigenvalue weighted by Crippen LogP contribution is -2.26. The minimum absolute atomic E-state index is 0.420. The van der Waals surface area contributed by atoms with Crippen LogP contribution in [0, 0.1) is 18.3 Å². The van der Waals surface area contributed by atoms with Gasteiger partial charge in [-0.2, -0.15) is 9.61 Å². The van der Waals surface area contributed by atoms with Crippen LogP contribution in [-0.4, -0.2) is 27.4 Å². The Labute approximate surface area is 177 Å². The first-order chi connectivity index (χ1) is 14.7. The molecule has 1 saturated carbocycles. The highest BCUT2D eigenvalue weighted by molar-refractivity contribution is 6.36. The zero-order chi connectivity index (χ0) is 20.7. The van der Waals surface area contributed by atoms with Gasteiger partial charge in [-0.05, 0) is 49.2 Å². The molecule has 3 heterocycles. The highest BCUT2D eigenvalue weighted by Gasteiger charge is 2.26. The molecule has 0 bridgehead atoms. The second-order valence-electron chi connectivity index (χ2n) is 8.34. The van der Waals surface area contributed by atoms with Crippen molar-refractivity contribution >= 4 is 35.7 Å². The van der Waals surface area contributed by atoms with Gasteiger partial charge in [0.25, 0.3) is 0 Å². The van der Waals surface area contributed by atoms with Crippen LogP contribution in [0.5, 0.6) is 0 Å². The van der Waals surface area contributed by atoms with Gasteiger partial charge in [0.2, 0.25) is 0 Å². The van der Waals surface area contributed by atoms with Crippen LogP contribution in [0.2, 0.25) is 0 Å². The van der Waals surface area contributed by atoms with Crippen molar-refractivity contribution in [3.05, 3.63) is 48.4 Å². The number of para-hydroxylation sites is 1. The second kappa shape index (κ2) is 7.49. The van der Waals surface area contributed by atoms with Crippen molar-refractivity contribution in [2.24, 2.45) is 5.92 Å². The van der Waals surface area contributed by atoms with E-state index in [-0.39, 0.29) is 0 Å². The fourth-order valence-corrected chi connectivity index (χ4v) is 4.74. The van der Waals surface area contributed by atoms with E-state index in [1.807, 2.05) is 30.6 Å². The number of rotatable bonds is 3.